The van der Waals surface area contributed by atoms with Crippen molar-refractivity contribution < 1.29 is 4.74 Å². The van der Waals surface area contributed by atoms with Gasteiger partial charge in [-0.15, -0.1) is 0 Å². The lowest BCUT2D eigenvalue weighted by Gasteiger charge is -2.35. The number of nitrogens with one attached hydrogen (secondary N) is 1. The third-order valence-corrected chi connectivity index (χ3v) is 3.54. The molecule has 0 radical (unpaired) electrons. The van der Waals surface area contributed by atoms with Gasteiger partial charge in [-0.3, -0.25) is 0 Å². The van der Waals surface area contributed by atoms with Gasteiger partial charge in [0.15, 0.2) is 0 Å². The predicted molar refractivity (Wildman–Crippen MR) is 53.7 cm³/mol. The zero-order valence-electron chi connectivity index (χ0n) is 8.59. The Morgan fingerprint density at radius 2 is 1.85 bits per heavy atom. The van der Waals surface area contributed by atoms with E-state index < -0.39 is 0 Å². The number of rotatable bonds is 1. The summed E-state index contributed by atoms with van der Waals surface area (Å²) in [5.41, 5.74) is 0. The van der Waals surface area contributed by atoms with Crippen LogP contribution in [0.2, 0.25) is 0 Å². The Hall–Kier alpha value is -0.0800. The summed E-state index contributed by atoms with van der Waals surface area (Å²) in [6.45, 7) is 6.82. The second-order valence-corrected chi connectivity index (χ2v) is 4.71. The van der Waals surface area contributed by atoms with E-state index in [9.17, 15) is 0 Å². The molecule has 0 aliphatic carbocycles. The van der Waals surface area contributed by atoms with E-state index >= 15 is 0 Å². The van der Waals surface area contributed by atoms with Crippen LogP contribution in [0.5, 0.6) is 0 Å². The summed E-state index contributed by atoms with van der Waals surface area (Å²) in [5, 5.41) is 3.54. The molecule has 1 N–H and O–H groups in total. The summed E-state index contributed by atoms with van der Waals surface area (Å²) in [6, 6.07) is 0. The molecule has 2 aliphatic rings. The molecule has 2 fully saturated rings. The highest BCUT2D eigenvalue weighted by Gasteiger charge is 2.27. The Labute approximate surface area is 81.0 Å². The van der Waals surface area contributed by atoms with Crippen molar-refractivity contribution in [1.82, 2.24) is 5.32 Å². The first-order valence-electron chi connectivity index (χ1n) is 5.64. The van der Waals surface area contributed by atoms with Crippen LogP contribution >= 0.6 is 0 Å². The summed E-state index contributed by atoms with van der Waals surface area (Å²) in [4.78, 5) is 0. The van der Waals surface area contributed by atoms with Gasteiger partial charge in [-0.25, -0.2) is 0 Å². The monoisotopic (exact) mass is 183 g/mol. The highest BCUT2D eigenvalue weighted by Crippen LogP contribution is 2.30. The molecule has 13 heavy (non-hydrogen) atoms. The first-order chi connectivity index (χ1) is 6.36. The van der Waals surface area contributed by atoms with E-state index in [-0.39, 0.29) is 0 Å². The van der Waals surface area contributed by atoms with Gasteiger partial charge in [-0.05, 0) is 50.1 Å². The van der Waals surface area contributed by atoms with Gasteiger partial charge in [0.25, 0.3) is 0 Å². The van der Waals surface area contributed by atoms with Crippen molar-refractivity contribution >= 4 is 0 Å². The average molecular weight is 183 g/mol. The second-order valence-electron chi connectivity index (χ2n) is 4.71. The minimum atomic E-state index is 0.876. The Morgan fingerprint density at radius 3 is 2.54 bits per heavy atom. The summed E-state index contributed by atoms with van der Waals surface area (Å²) < 4.78 is 5.40. The number of ether oxygens (including phenoxy) is 1. The highest BCUT2D eigenvalue weighted by molar-refractivity contribution is 4.80. The minimum absolute atomic E-state index is 0.876. The van der Waals surface area contributed by atoms with Gasteiger partial charge in [-0.1, -0.05) is 6.92 Å². The Bertz CT molecular complexity index is 154. The maximum absolute atomic E-state index is 5.40. The second kappa shape index (κ2) is 4.43. The first kappa shape index (κ1) is 9.47. The number of hydrogen-bond donors (Lipinski definition) is 1. The average Bonchev–Trinajstić information content (AvgIpc) is 2.19. The van der Waals surface area contributed by atoms with E-state index in [4.69, 9.17) is 4.74 Å². The van der Waals surface area contributed by atoms with Gasteiger partial charge in [0.2, 0.25) is 0 Å². The maximum Gasteiger partial charge on any atom is 0.0468 e. The molecule has 2 atom stereocenters. The van der Waals surface area contributed by atoms with Gasteiger partial charge >= 0.3 is 0 Å². The fraction of sp³-hybridized carbons (Fsp3) is 1.00. The summed E-state index contributed by atoms with van der Waals surface area (Å²) >= 11 is 0. The van der Waals surface area contributed by atoms with Gasteiger partial charge in [-0.2, -0.15) is 0 Å². The zero-order chi connectivity index (χ0) is 9.10. The third kappa shape index (κ3) is 2.44. The number of hydrogen-bond acceptors (Lipinski definition) is 2. The molecule has 0 bridgehead atoms. The molecule has 2 heterocycles. The van der Waals surface area contributed by atoms with Gasteiger partial charge in [0.05, 0.1) is 0 Å². The van der Waals surface area contributed by atoms with Crippen LogP contribution in [0.4, 0.5) is 0 Å². The van der Waals surface area contributed by atoms with Crippen molar-refractivity contribution in [2.45, 2.75) is 26.2 Å². The molecule has 2 saturated heterocycles. The van der Waals surface area contributed by atoms with Crippen molar-refractivity contribution in [3.05, 3.63) is 0 Å². The smallest absolute Gasteiger partial charge is 0.0468 e. The van der Waals surface area contributed by atoms with Crippen LogP contribution in [0.1, 0.15) is 26.2 Å². The molecule has 2 unspecified atom stereocenters. The van der Waals surface area contributed by atoms with Crippen LogP contribution in [-0.2, 0) is 4.74 Å². The quantitative estimate of drug-likeness (QED) is 0.667. The van der Waals surface area contributed by atoms with E-state index in [1.165, 1.54) is 32.4 Å². The fourth-order valence-electron chi connectivity index (χ4n) is 2.74. The molecule has 0 amide bonds. The van der Waals surface area contributed by atoms with Crippen LogP contribution in [0.25, 0.3) is 0 Å². The summed E-state index contributed by atoms with van der Waals surface area (Å²) in [7, 11) is 0. The number of piperidine rings is 1. The van der Waals surface area contributed by atoms with E-state index in [1.54, 1.807) is 0 Å². The molecular formula is C11H21NO. The van der Waals surface area contributed by atoms with Crippen LogP contribution in [-0.4, -0.2) is 26.3 Å². The van der Waals surface area contributed by atoms with Crippen molar-refractivity contribution in [2.24, 2.45) is 17.8 Å². The molecule has 0 saturated carbocycles. The Balaban J connectivity index is 1.83. The fourth-order valence-corrected chi connectivity index (χ4v) is 2.74. The largest absolute Gasteiger partial charge is 0.381 e. The predicted octanol–water partition coefficient (Wildman–Crippen LogP) is 1.66. The molecule has 0 aromatic rings. The van der Waals surface area contributed by atoms with E-state index in [0.29, 0.717) is 0 Å². The molecule has 2 heteroatoms. The van der Waals surface area contributed by atoms with Gasteiger partial charge in [0.1, 0.15) is 0 Å². The SMILES string of the molecule is CC1CNCC(C2CCOCC2)C1. The lowest BCUT2D eigenvalue weighted by molar-refractivity contribution is 0.0378. The van der Waals surface area contributed by atoms with Crippen molar-refractivity contribution in [3.8, 4) is 0 Å². The maximum atomic E-state index is 5.40. The van der Waals surface area contributed by atoms with Crippen LogP contribution < -0.4 is 5.32 Å². The van der Waals surface area contributed by atoms with E-state index in [0.717, 1.165) is 31.0 Å². The molecule has 2 nitrogen and oxygen atoms in total. The van der Waals surface area contributed by atoms with Crippen LogP contribution in [0.3, 0.4) is 0 Å². The Kier molecular flexibility index (Phi) is 3.23. The molecule has 0 aromatic carbocycles. The molecule has 76 valence electrons. The van der Waals surface area contributed by atoms with Crippen LogP contribution in [0.15, 0.2) is 0 Å². The normalized spacial score (nSPS) is 37.6. The summed E-state index contributed by atoms with van der Waals surface area (Å²) in [5.74, 6) is 2.73. The van der Waals surface area contributed by atoms with Crippen LogP contribution in [0, 0.1) is 17.8 Å². The topological polar surface area (TPSA) is 21.3 Å². The molecule has 2 rings (SSSR count). The Morgan fingerprint density at radius 1 is 1.08 bits per heavy atom. The van der Waals surface area contributed by atoms with E-state index in [1.807, 2.05) is 0 Å². The standard InChI is InChI=1S/C11H21NO/c1-9-6-11(8-12-7-9)10-2-4-13-5-3-10/h9-12H,2-8H2,1H3. The lowest BCUT2D eigenvalue weighted by Crippen LogP contribution is -2.39. The first-order valence-corrected chi connectivity index (χ1v) is 5.64. The minimum Gasteiger partial charge on any atom is -0.381 e. The third-order valence-electron chi connectivity index (χ3n) is 3.54. The van der Waals surface area contributed by atoms with Crippen molar-refractivity contribution in [1.29, 1.82) is 0 Å². The zero-order valence-corrected chi connectivity index (χ0v) is 8.59. The molecule has 2 aliphatic heterocycles. The summed E-state index contributed by atoms with van der Waals surface area (Å²) in [6.07, 6.45) is 4.01. The molecule has 0 aromatic heterocycles. The molecular weight excluding hydrogens is 162 g/mol. The van der Waals surface area contributed by atoms with Gasteiger partial charge < -0.3 is 10.1 Å². The van der Waals surface area contributed by atoms with Crippen molar-refractivity contribution in [3.63, 3.8) is 0 Å². The molecule has 0 spiro atoms. The van der Waals surface area contributed by atoms with E-state index in [2.05, 4.69) is 12.2 Å². The lowest BCUT2D eigenvalue weighted by atomic mass is 9.79. The van der Waals surface area contributed by atoms with Crippen molar-refractivity contribution in [2.75, 3.05) is 26.3 Å². The van der Waals surface area contributed by atoms with Gasteiger partial charge in [0, 0.05) is 13.2 Å². The highest BCUT2D eigenvalue weighted by atomic mass is 16.5.